The van der Waals surface area contributed by atoms with Crippen LogP contribution in [-0.4, -0.2) is 0 Å². The van der Waals surface area contributed by atoms with Crippen LogP contribution < -0.4 is 0 Å². The van der Waals surface area contributed by atoms with Gasteiger partial charge < -0.3 is 0 Å². The minimum atomic E-state index is 1.09. The standard InChI is InChI=1S/C27H52/c1-2-4-6-8-10-12-14-16-18-20-26-22-24-27(25-23-26)21-19-17-15-13-11-9-7-5-3-1/h26-27H,1-25H2. The van der Waals surface area contributed by atoms with Crippen LogP contribution in [0.1, 0.15) is 161 Å². The highest BCUT2D eigenvalue weighted by Crippen LogP contribution is 2.34. The van der Waals surface area contributed by atoms with E-state index < -0.39 is 0 Å². The van der Waals surface area contributed by atoms with Gasteiger partial charge in [-0.2, -0.15) is 0 Å². The molecule has 27 heavy (non-hydrogen) atoms. The summed E-state index contributed by atoms with van der Waals surface area (Å²) in [6.45, 7) is 0. The Balaban J connectivity index is 1.56. The molecule has 160 valence electrons. The fraction of sp³-hybridized carbons (Fsp3) is 1.00. The van der Waals surface area contributed by atoms with Gasteiger partial charge in [0, 0.05) is 0 Å². The summed E-state index contributed by atoms with van der Waals surface area (Å²) in [5, 5.41) is 0. The summed E-state index contributed by atoms with van der Waals surface area (Å²) >= 11 is 0. The Bertz CT molecular complexity index is 264. The van der Waals surface area contributed by atoms with Gasteiger partial charge in [-0.25, -0.2) is 0 Å². The molecule has 0 unspecified atom stereocenters. The summed E-state index contributed by atoms with van der Waals surface area (Å²) in [5.74, 6) is 2.19. The van der Waals surface area contributed by atoms with Crippen LogP contribution in [0.2, 0.25) is 0 Å². The third kappa shape index (κ3) is 13.0. The molecule has 3 aliphatic carbocycles. The van der Waals surface area contributed by atoms with Crippen LogP contribution in [-0.2, 0) is 0 Å². The minimum absolute atomic E-state index is 1.09. The first-order chi connectivity index (χ1) is 13.4. The lowest BCUT2D eigenvalue weighted by Gasteiger charge is -2.28. The van der Waals surface area contributed by atoms with Gasteiger partial charge in [0.25, 0.3) is 0 Å². The van der Waals surface area contributed by atoms with E-state index in [0.717, 1.165) is 11.8 Å². The molecule has 0 heteroatoms. The minimum Gasteiger partial charge on any atom is -0.0533 e. The maximum Gasteiger partial charge on any atom is -0.0414 e. The third-order valence-electron chi connectivity index (χ3n) is 7.69. The van der Waals surface area contributed by atoms with Gasteiger partial charge in [-0.3, -0.25) is 0 Å². The molecule has 0 aromatic heterocycles. The van der Waals surface area contributed by atoms with Gasteiger partial charge in [0.2, 0.25) is 0 Å². The molecule has 0 spiro atoms. The van der Waals surface area contributed by atoms with Gasteiger partial charge in [-0.15, -0.1) is 0 Å². The average molecular weight is 377 g/mol. The zero-order valence-electron chi connectivity index (χ0n) is 18.8. The molecule has 0 amide bonds. The zero-order valence-corrected chi connectivity index (χ0v) is 18.8. The third-order valence-corrected chi connectivity index (χ3v) is 7.69. The zero-order chi connectivity index (χ0) is 18.8. The quantitative estimate of drug-likeness (QED) is 0.394. The lowest BCUT2D eigenvalue weighted by molar-refractivity contribution is 0.244. The molecule has 0 radical (unpaired) electrons. The largest absolute Gasteiger partial charge is 0.0533 e. The Morgan fingerprint density at radius 3 is 0.593 bits per heavy atom. The highest BCUT2D eigenvalue weighted by molar-refractivity contribution is 4.73. The Labute approximate surface area is 172 Å². The normalized spacial score (nSPS) is 30.2. The van der Waals surface area contributed by atoms with Crippen LogP contribution in [0.4, 0.5) is 0 Å². The molecule has 0 heterocycles. The van der Waals surface area contributed by atoms with Crippen molar-refractivity contribution >= 4 is 0 Å². The molecule has 3 aliphatic rings. The highest BCUT2D eigenvalue weighted by Gasteiger charge is 2.20. The Hall–Kier alpha value is 0. The number of rotatable bonds is 0. The van der Waals surface area contributed by atoms with Crippen molar-refractivity contribution < 1.29 is 0 Å². The number of hydrogen-bond acceptors (Lipinski definition) is 0. The fourth-order valence-corrected chi connectivity index (χ4v) is 5.68. The summed E-state index contributed by atoms with van der Waals surface area (Å²) in [7, 11) is 0. The molecular formula is C27H52. The maximum absolute atomic E-state index is 1.56. The SMILES string of the molecule is C1CCCCCCCCCCC2CCC(CCCCCCCCCC1)CC2. The van der Waals surface area contributed by atoms with Crippen LogP contribution >= 0.6 is 0 Å². The second-order valence-corrected chi connectivity index (χ2v) is 10.2. The summed E-state index contributed by atoms with van der Waals surface area (Å²) in [6.07, 6.45) is 38.0. The molecule has 0 aromatic carbocycles. The van der Waals surface area contributed by atoms with Crippen molar-refractivity contribution in [2.24, 2.45) is 11.8 Å². The van der Waals surface area contributed by atoms with Gasteiger partial charge in [0.05, 0.1) is 0 Å². The van der Waals surface area contributed by atoms with E-state index in [4.69, 9.17) is 0 Å². The first-order valence-electron chi connectivity index (χ1n) is 13.4. The Morgan fingerprint density at radius 1 is 0.185 bits per heavy atom. The second-order valence-electron chi connectivity index (χ2n) is 10.2. The fourth-order valence-electron chi connectivity index (χ4n) is 5.68. The molecule has 3 fully saturated rings. The van der Waals surface area contributed by atoms with Crippen LogP contribution in [0, 0.1) is 11.8 Å². The summed E-state index contributed by atoms with van der Waals surface area (Å²) in [6, 6.07) is 0. The van der Waals surface area contributed by atoms with Crippen molar-refractivity contribution in [1.29, 1.82) is 0 Å². The van der Waals surface area contributed by atoms with Crippen molar-refractivity contribution in [2.45, 2.75) is 161 Å². The monoisotopic (exact) mass is 376 g/mol. The van der Waals surface area contributed by atoms with Gasteiger partial charge in [0.1, 0.15) is 0 Å². The van der Waals surface area contributed by atoms with Crippen LogP contribution in [0.25, 0.3) is 0 Å². The predicted molar refractivity (Wildman–Crippen MR) is 122 cm³/mol. The maximum atomic E-state index is 1.56. The molecule has 0 N–H and O–H groups in total. The van der Waals surface area contributed by atoms with Gasteiger partial charge in [0.15, 0.2) is 0 Å². The van der Waals surface area contributed by atoms with Crippen LogP contribution in [0.15, 0.2) is 0 Å². The summed E-state index contributed by atoms with van der Waals surface area (Å²) in [5.41, 5.74) is 0. The molecule has 0 atom stereocenters. The first-order valence-corrected chi connectivity index (χ1v) is 13.4. The molecular weight excluding hydrogens is 324 g/mol. The van der Waals surface area contributed by atoms with E-state index in [1.807, 2.05) is 0 Å². The smallest absolute Gasteiger partial charge is 0.0414 e. The Kier molecular flexibility index (Phi) is 14.6. The molecule has 0 aromatic rings. The van der Waals surface area contributed by atoms with Gasteiger partial charge >= 0.3 is 0 Å². The van der Waals surface area contributed by atoms with E-state index in [0.29, 0.717) is 0 Å². The van der Waals surface area contributed by atoms with E-state index >= 15 is 0 Å². The lowest BCUT2D eigenvalue weighted by Crippen LogP contribution is -2.14. The molecule has 0 saturated heterocycles. The Morgan fingerprint density at radius 2 is 0.370 bits per heavy atom. The topological polar surface area (TPSA) is 0 Å². The van der Waals surface area contributed by atoms with Crippen molar-refractivity contribution in [3.05, 3.63) is 0 Å². The van der Waals surface area contributed by atoms with Crippen LogP contribution in [0.5, 0.6) is 0 Å². The van der Waals surface area contributed by atoms with Crippen molar-refractivity contribution in [3.8, 4) is 0 Å². The van der Waals surface area contributed by atoms with Crippen LogP contribution in [0.3, 0.4) is 0 Å². The van der Waals surface area contributed by atoms with Crippen molar-refractivity contribution in [1.82, 2.24) is 0 Å². The van der Waals surface area contributed by atoms with Gasteiger partial charge in [-0.1, -0.05) is 161 Å². The molecule has 3 saturated carbocycles. The first kappa shape index (κ1) is 23.3. The molecule has 2 bridgehead atoms. The summed E-state index contributed by atoms with van der Waals surface area (Å²) < 4.78 is 0. The van der Waals surface area contributed by atoms with E-state index in [-0.39, 0.29) is 0 Å². The van der Waals surface area contributed by atoms with E-state index in [1.165, 1.54) is 122 Å². The van der Waals surface area contributed by atoms with E-state index in [9.17, 15) is 0 Å². The molecule has 0 nitrogen and oxygen atoms in total. The number of hydrogen-bond donors (Lipinski definition) is 0. The van der Waals surface area contributed by atoms with Gasteiger partial charge in [-0.05, 0) is 11.8 Å². The van der Waals surface area contributed by atoms with Crippen molar-refractivity contribution in [2.75, 3.05) is 0 Å². The van der Waals surface area contributed by atoms with E-state index in [1.54, 1.807) is 38.5 Å². The molecule has 3 rings (SSSR count). The highest BCUT2D eigenvalue weighted by atomic mass is 14.3. The summed E-state index contributed by atoms with van der Waals surface area (Å²) in [4.78, 5) is 0. The molecule has 0 aliphatic heterocycles. The number of fused-ring (bicyclic) bond motifs is 22. The lowest BCUT2D eigenvalue weighted by atomic mass is 9.78. The van der Waals surface area contributed by atoms with Crippen molar-refractivity contribution in [3.63, 3.8) is 0 Å². The predicted octanol–water partition coefficient (Wildman–Crippen LogP) is 10.00. The van der Waals surface area contributed by atoms with E-state index in [2.05, 4.69) is 0 Å². The average Bonchev–Trinajstić information content (AvgIpc) is 2.69. The second kappa shape index (κ2) is 16.9.